The van der Waals surface area contributed by atoms with Crippen LogP contribution in [0.3, 0.4) is 0 Å². The largest absolute Gasteiger partial charge is 0.378 e. The predicted molar refractivity (Wildman–Crippen MR) is 309 cm³/mol. The summed E-state index contributed by atoms with van der Waals surface area (Å²) in [6.07, 6.45) is 1.45. The van der Waals surface area contributed by atoms with Crippen LogP contribution in [-0.2, 0) is 114 Å². The summed E-state index contributed by atoms with van der Waals surface area (Å²) in [4.78, 5) is 11.6. The van der Waals surface area contributed by atoms with E-state index < -0.39 is 0 Å². The van der Waals surface area contributed by atoms with Gasteiger partial charge in [-0.05, 0) is 12.3 Å². The van der Waals surface area contributed by atoms with Crippen LogP contribution in [0.25, 0.3) is 0 Å². The predicted octanol–water partition coefficient (Wildman–Crippen LogP) is 1.92. The van der Waals surface area contributed by atoms with Crippen molar-refractivity contribution in [3.8, 4) is 0 Å². The van der Waals surface area contributed by atoms with Crippen LogP contribution in [0.2, 0.25) is 0 Å². The van der Waals surface area contributed by atoms with Gasteiger partial charge >= 0.3 is 0 Å². The van der Waals surface area contributed by atoms with E-state index in [0.29, 0.717) is 329 Å². The number of carbonyl (C=O) groups is 1. The molecule has 0 rings (SSSR count). The summed E-state index contributed by atoms with van der Waals surface area (Å²) in [5.74, 6) is 0.596. The minimum Gasteiger partial charge on any atom is -0.378 e. The van der Waals surface area contributed by atoms with Gasteiger partial charge in [0.05, 0.1) is 304 Å². The second-order valence-electron chi connectivity index (χ2n) is 18.5. The van der Waals surface area contributed by atoms with Crippen LogP contribution in [0, 0.1) is 5.92 Å². The molecule has 0 radical (unpaired) electrons. The minimum atomic E-state index is 0.0710. The SMILES string of the molecule is CC(C)CCC(=O)NCCOCCOCCOCCOCCOCCOCCOCCOCCOCCOCCOCCOCCOCCOCCOCCOCCOCCOCCOCCOCCOCCOCCOCCNC(C)C. The molecule has 0 aromatic carbocycles. The molecule has 0 saturated carbocycles. The molecule has 26 heteroatoms. The maximum atomic E-state index is 11.6. The lowest BCUT2D eigenvalue weighted by atomic mass is 10.1. The molecule has 0 aliphatic rings. The molecule has 0 spiro atoms. The van der Waals surface area contributed by atoms with Crippen molar-refractivity contribution < 1.29 is 114 Å². The van der Waals surface area contributed by atoms with Crippen LogP contribution < -0.4 is 10.6 Å². The van der Waals surface area contributed by atoms with Crippen LogP contribution in [0.5, 0.6) is 0 Å². The van der Waals surface area contributed by atoms with E-state index in [1.54, 1.807) is 0 Å². The van der Waals surface area contributed by atoms with Crippen LogP contribution in [0.1, 0.15) is 40.5 Å². The maximum Gasteiger partial charge on any atom is 0.220 e. The number of hydrogen-bond donors (Lipinski definition) is 2. The van der Waals surface area contributed by atoms with Crippen LogP contribution in [0.15, 0.2) is 0 Å². The number of nitrogens with one attached hydrogen (secondary N) is 2. The highest BCUT2D eigenvalue weighted by Gasteiger charge is 2.04. The molecular weight excluding hydrogens is 1100 g/mol. The molecule has 0 atom stereocenters. The Labute approximate surface area is 498 Å². The average molecular weight is 1210 g/mol. The summed E-state index contributed by atoms with van der Waals surface area (Å²) >= 11 is 0. The van der Waals surface area contributed by atoms with Gasteiger partial charge in [0.15, 0.2) is 0 Å². The van der Waals surface area contributed by atoms with Crippen molar-refractivity contribution in [2.24, 2.45) is 5.92 Å². The zero-order chi connectivity index (χ0) is 59.8. The Bertz CT molecular complexity index is 1200. The highest BCUT2D eigenvalue weighted by atomic mass is 16.6. The Balaban J connectivity index is 3.10. The third-order valence-corrected chi connectivity index (χ3v) is 10.5. The first-order valence-electron chi connectivity index (χ1n) is 30.3. The lowest BCUT2D eigenvalue weighted by Crippen LogP contribution is -2.27. The molecular formula is C57H116N2O24. The number of carbonyl (C=O) groups excluding carboxylic acids is 1. The quantitative estimate of drug-likeness (QED) is 0.0825. The Kier molecular flexibility index (Phi) is 73.4. The zero-order valence-electron chi connectivity index (χ0n) is 51.8. The van der Waals surface area contributed by atoms with Gasteiger partial charge in [-0.3, -0.25) is 4.79 Å². The van der Waals surface area contributed by atoms with E-state index >= 15 is 0 Å². The molecule has 0 aromatic heterocycles. The average Bonchev–Trinajstić information content (AvgIpc) is 3.47. The summed E-state index contributed by atoms with van der Waals surface area (Å²) < 4.78 is 127. The van der Waals surface area contributed by atoms with Crippen molar-refractivity contribution >= 4 is 5.91 Å². The first kappa shape index (κ1) is 81.5. The van der Waals surface area contributed by atoms with Crippen molar-refractivity contribution in [2.45, 2.75) is 46.6 Å². The molecule has 0 unspecified atom stereocenters. The smallest absolute Gasteiger partial charge is 0.220 e. The fourth-order valence-corrected chi connectivity index (χ4v) is 6.13. The lowest BCUT2D eigenvalue weighted by Gasteiger charge is -2.09. The van der Waals surface area contributed by atoms with Gasteiger partial charge in [-0.15, -0.1) is 0 Å². The molecule has 83 heavy (non-hydrogen) atoms. The monoisotopic (exact) mass is 1210 g/mol. The van der Waals surface area contributed by atoms with Gasteiger partial charge < -0.3 is 120 Å². The van der Waals surface area contributed by atoms with E-state index in [1.807, 2.05) is 0 Å². The standard InChI is InChI=1S/C57H116N2O24/c1-55(2)5-6-57(60)59-8-10-62-12-14-64-16-18-66-20-22-68-24-26-70-28-30-72-32-34-74-36-38-76-40-42-78-44-46-80-48-50-82-52-54-83-53-51-81-49-47-79-45-43-77-41-39-75-37-35-73-33-31-71-29-27-69-25-23-67-21-19-65-17-15-63-13-11-61-9-7-58-56(3)4/h55-56,58H,5-54H2,1-4H3,(H,59,60). The van der Waals surface area contributed by atoms with Gasteiger partial charge in [-0.1, -0.05) is 27.7 Å². The van der Waals surface area contributed by atoms with E-state index in [9.17, 15) is 4.79 Å². The first-order valence-corrected chi connectivity index (χ1v) is 30.3. The number of rotatable bonds is 76. The second kappa shape index (κ2) is 74.8. The Hall–Kier alpha value is -1.49. The molecule has 0 aliphatic heterocycles. The number of amides is 1. The van der Waals surface area contributed by atoms with Crippen molar-refractivity contribution in [2.75, 3.05) is 317 Å². The molecule has 26 nitrogen and oxygen atoms in total. The van der Waals surface area contributed by atoms with Crippen LogP contribution in [-0.4, -0.2) is 329 Å². The van der Waals surface area contributed by atoms with Crippen LogP contribution >= 0.6 is 0 Å². The van der Waals surface area contributed by atoms with Gasteiger partial charge in [0.1, 0.15) is 0 Å². The Morgan fingerprint density at radius 1 is 0.229 bits per heavy atom. The molecule has 1 amide bonds. The van der Waals surface area contributed by atoms with Crippen molar-refractivity contribution in [1.82, 2.24) is 10.6 Å². The molecule has 0 fully saturated rings. The molecule has 0 aliphatic carbocycles. The van der Waals surface area contributed by atoms with Crippen LogP contribution in [0.4, 0.5) is 0 Å². The van der Waals surface area contributed by atoms with Gasteiger partial charge in [-0.25, -0.2) is 0 Å². The number of ether oxygens (including phenoxy) is 23. The molecule has 2 N–H and O–H groups in total. The molecule has 0 saturated heterocycles. The first-order chi connectivity index (χ1) is 41.0. The van der Waals surface area contributed by atoms with Gasteiger partial charge in [0, 0.05) is 25.6 Å². The molecule has 498 valence electrons. The summed E-state index contributed by atoms with van der Waals surface area (Å²) in [6, 6.07) is 0.472. The summed E-state index contributed by atoms with van der Waals surface area (Å²) in [6.45, 7) is 32.8. The van der Waals surface area contributed by atoms with Gasteiger partial charge in [0.25, 0.3) is 0 Å². The second-order valence-corrected chi connectivity index (χ2v) is 18.5. The third-order valence-electron chi connectivity index (χ3n) is 10.5. The fraction of sp³-hybridized carbons (Fsp3) is 0.982. The molecule has 0 aromatic rings. The topological polar surface area (TPSA) is 253 Å². The zero-order valence-corrected chi connectivity index (χ0v) is 51.8. The van der Waals surface area contributed by atoms with Crippen molar-refractivity contribution in [1.29, 1.82) is 0 Å². The highest BCUT2D eigenvalue weighted by Crippen LogP contribution is 2.02. The van der Waals surface area contributed by atoms with Crippen molar-refractivity contribution in [3.63, 3.8) is 0 Å². The van der Waals surface area contributed by atoms with E-state index in [4.69, 9.17) is 109 Å². The minimum absolute atomic E-state index is 0.0710. The highest BCUT2D eigenvalue weighted by molar-refractivity contribution is 5.75. The molecule has 0 heterocycles. The normalized spacial score (nSPS) is 11.8. The van der Waals surface area contributed by atoms with E-state index in [1.165, 1.54) is 0 Å². The van der Waals surface area contributed by atoms with Gasteiger partial charge in [-0.2, -0.15) is 0 Å². The summed E-state index contributed by atoms with van der Waals surface area (Å²) in [5, 5.41) is 6.15. The van der Waals surface area contributed by atoms with E-state index in [-0.39, 0.29) is 5.91 Å². The molecule has 0 bridgehead atoms. The van der Waals surface area contributed by atoms with Gasteiger partial charge in [0.2, 0.25) is 5.91 Å². The summed E-state index contributed by atoms with van der Waals surface area (Å²) in [7, 11) is 0. The fourth-order valence-electron chi connectivity index (χ4n) is 6.13. The Morgan fingerprint density at radius 3 is 0.518 bits per heavy atom. The van der Waals surface area contributed by atoms with E-state index in [2.05, 4.69) is 38.3 Å². The Morgan fingerprint density at radius 2 is 0.373 bits per heavy atom. The van der Waals surface area contributed by atoms with E-state index in [0.717, 1.165) is 13.0 Å². The maximum absolute atomic E-state index is 11.6. The van der Waals surface area contributed by atoms with Crippen molar-refractivity contribution in [3.05, 3.63) is 0 Å². The lowest BCUT2D eigenvalue weighted by molar-refractivity contribution is -0.121. The third kappa shape index (κ3) is 78.5. The summed E-state index contributed by atoms with van der Waals surface area (Å²) in [5.41, 5.74) is 0. The number of hydrogen-bond acceptors (Lipinski definition) is 25.